The highest BCUT2D eigenvalue weighted by Crippen LogP contribution is 1.99. The van der Waals surface area contributed by atoms with Gasteiger partial charge < -0.3 is 0 Å². The Balaban J connectivity index is 3.11. The number of hydrogen-bond donors (Lipinski definition) is 0. The van der Waals surface area contributed by atoms with E-state index in [4.69, 9.17) is 0 Å². The third-order valence-electron chi connectivity index (χ3n) is 0.529. The Morgan fingerprint density at radius 3 is 1.33 bits per heavy atom. The lowest BCUT2D eigenvalue weighted by atomic mass is 11.1. The second-order valence-corrected chi connectivity index (χ2v) is 0.957. The Morgan fingerprint density at radius 2 is 1.33 bits per heavy atom. The van der Waals surface area contributed by atoms with Crippen molar-refractivity contribution in [1.29, 1.82) is 0 Å². The van der Waals surface area contributed by atoms with Gasteiger partial charge in [-0.25, -0.2) is 0 Å². The van der Waals surface area contributed by atoms with Crippen molar-refractivity contribution in [3.8, 4) is 0 Å². The first-order chi connectivity index (χ1) is 2.73. The number of halogens is 2. The molecule has 0 amide bonds. The van der Waals surface area contributed by atoms with E-state index in [-0.39, 0.29) is 0 Å². The second-order valence-electron chi connectivity index (χ2n) is 0.957. The monoisotopic (exact) mass is 90.0 g/mol. The topological polar surface area (TPSA) is 17.1 Å². The average molecular weight is 90.0 g/mol. The van der Waals surface area contributed by atoms with Crippen molar-refractivity contribution in [2.24, 2.45) is 0 Å². The highest BCUT2D eigenvalue weighted by Gasteiger charge is 2.21. The molecular weight excluding hydrogens is 90.0 g/mol. The summed E-state index contributed by atoms with van der Waals surface area (Å²) in [4.78, 5) is 9.39. The van der Waals surface area contributed by atoms with Crippen LogP contribution in [0, 0.1) is 11.6 Å². The van der Waals surface area contributed by atoms with Gasteiger partial charge in [-0.1, -0.05) is 0 Å². The Bertz CT molecular complexity index is 155. The molecule has 1 aromatic rings. The summed E-state index contributed by atoms with van der Waals surface area (Å²) in [6.45, 7) is 0. The van der Waals surface area contributed by atoms with Crippen molar-refractivity contribution in [3.63, 3.8) is 0 Å². The molecule has 1 nitrogen and oxygen atoms in total. The lowest BCUT2D eigenvalue weighted by Gasteiger charge is -1.42. The van der Waals surface area contributed by atoms with Crippen LogP contribution < -0.4 is 5.43 Å². The van der Waals surface area contributed by atoms with Crippen molar-refractivity contribution in [3.05, 3.63) is 21.9 Å². The van der Waals surface area contributed by atoms with Gasteiger partial charge in [-0.2, -0.15) is 8.78 Å². The normalized spacial score (nSPS) is 10.3. The lowest BCUT2D eigenvalue weighted by molar-refractivity contribution is 0.573. The van der Waals surface area contributed by atoms with Crippen molar-refractivity contribution in [2.75, 3.05) is 0 Å². The van der Waals surface area contributed by atoms with Crippen LogP contribution in [0.25, 0.3) is 0 Å². The predicted octanol–water partition coefficient (Wildman–Crippen LogP) is 0.201. The van der Waals surface area contributed by atoms with Gasteiger partial charge in [-0.15, -0.1) is 0 Å². The quantitative estimate of drug-likeness (QED) is 0.444. The van der Waals surface area contributed by atoms with Gasteiger partial charge in [0.15, 0.2) is 0 Å². The Hall–Kier alpha value is -0.730. The Morgan fingerprint density at radius 1 is 1.17 bits per heavy atom. The highest BCUT2D eigenvalue weighted by molar-refractivity contribution is 5.10. The van der Waals surface area contributed by atoms with Crippen LogP contribution >= 0.6 is 0 Å². The lowest BCUT2D eigenvalue weighted by Crippen LogP contribution is -1.72. The molecule has 0 atom stereocenters. The van der Waals surface area contributed by atoms with E-state index in [0.717, 1.165) is 0 Å². The fraction of sp³-hybridized carbons (Fsp3) is 0. The highest BCUT2D eigenvalue weighted by atomic mass is 19.2. The molecule has 0 heterocycles. The molecule has 0 aliphatic carbocycles. The molecule has 0 saturated heterocycles. The van der Waals surface area contributed by atoms with E-state index in [0.29, 0.717) is 0 Å². The summed E-state index contributed by atoms with van der Waals surface area (Å²) in [5, 5.41) is 0. The van der Waals surface area contributed by atoms with Gasteiger partial charge in [-0.3, -0.25) is 4.79 Å². The third kappa shape index (κ3) is 0.196. The predicted molar refractivity (Wildman–Crippen MR) is 15.0 cm³/mol. The van der Waals surface area contributed by atoms with E-state index in [2.05, 4.69) is 0 Å². The van der Waals surface area contributed by atoms with E-state index in [1.54, 1.807) is 0 Å². The summed E-state index contributed by atoms with van der Waals surface area (Å²) >= 11 is 0. The van der Waals surface area contributed by atoms with Gasteiger partial charge in [0.25, 0.3) is 5.43 Å². The fourth-order valence-electron chi connectivity index (χ4n) is 0.129. The SMILES string of the molecule is O=c1c(F)c1F. The first kappa shape index (κ1) is 3.46. The summed E-state index contributed by atoms with van der Waals surface area (Å²) in [6, 6.07) is 0. The van der Waals surface area contributed by atoms with Crippen molar-refractivity contribution in [1.82, 2.24) is 0 Å². The molecule has 0 N–H and O–H groups in total. The van der Waals surface area contributed by atoms with Crippen LogP contribution in [-0.4, -0.2) is 0 Å². The zero-order valence-corrected chi connectivity index (χ0v) is 2.66. The molecular formula is C3F2O. The molecule has 0 bridgehead atoms. The molecule has 0 aromatic heterocycles. The van der Waals surface area contributed by atoms with E-state index in [1.807, 2.05) is 0 Å². The van der Waals surface area contributed by atoms with E-state index in [1.165, 1.54) is 0 Å². The second kappa shape index (κ2) is 0.668. The number of hydrogen-bond acceptors (Lipinski definition) is 1. The molecule has 0 fully saturated rings. The molecule has 3 heteroatoms. The fourth-order valence-corrected chi connectivity index (χ4v) is 0.129. The first-order valence-electron chi connectivity index (χ1n) is 1.33. The van der Waals surface area contributed by atoms with Crippen molar-refractivity contribution >= 4 is 0 Å². The van der Waals surface area contributed by atoms with E-state index < -0.39 is 17.1 Å². The van der Waals surface area contributed by atoms with Crippen molar-refractivity contribution < 1.29 is 8.78 Å². The van der Waals surface area contributed by atoms with Crippen LogP contribution in [0.3, 0.4) is 0 Å². The van der Waals surface area contributed by atoms with Crippen LogP contribution in [0.15, 0.2) is 4.79 Å². The first-order valence-corrected chi connectivity index (χ1v) is 1.33. The zero-order chi connectivity index (χ0) is 4.73. The van der Waals surface area contributed by atoms with Crippen LogP contribution in [0.2, 0.25) is 0 Å². The maximum atomic E-state index is 11.1. The molecule has 6 heavy (non-hydrogen) atoms. The standard InChI is InChI=1S/C3F2O/c4-1-2(5)3(1)6. The van der Waals surface area contributed by atoms with Gasteiger partial charge >= 0.3 is 0 Å². The minimum absolute atomic E-state index is 1.07. The third-order valence-corrected chi connectivity index (χ3v) is 0.529. The van der Waals surface area contributed by atoms with Crippen LogP contribution in [0.1, 0.15) is 0 Å². The van der Waals surface area contributed by atoms with Gasteiger partial charge in [0.05, 0.1) is 0 Å². The maximum Gasteiger partial charge on any atom is 0.256 e. The molecule has 1 rings (SSSR count). The Kier molecular flexibility index (Phi) is 0.385. The van der Waals surface area contributed by atoms with Crippen molar-refractivity contribution in [2.45, 2.75) is 0 Å². The van der Waals surface area contributed by atoms with Crippen LogP contribution in [0.4, 0.5) is 8.78 Å². The largest absolute Gasteiger partial charge is 0.283 e. The van der Waals surface area contributed by atoms with Crippen LogP contribution in [-0.2, 0) is 0 Å². The molecule has 32 valence electrons. The maximum absolute atomic E-state index is 11.1. The number of rotatable bonds is 0. The molecule has 0 unspecified atom stereocenters. The molecule has 0 spiro atoms. The van der Waals surface area contributed by atoms with E-state index >= 15 is 0 Å². The smallest absolute Gasteiger partial charge is 0.256 e. The van der Waals surface area contributed by atoms with Crippen LogP contribution in [0.5, 0.6) is 0 Å². The van der Waals surface area contributed by atoms with Gasteiger partial charge in [0, 0.05) is 0 Å². The molecule has 0 aliphatic heterocycles. The average Bonchev–Trinajstić information content (AvgIpc) is 1.94. The minimum atomic E-state index is -1.21. The Labute approximate surface area is 31.9 Å². The summed E-state index contributed by atoms with van der Waals surface area (Å²) in [5.41, 5.74) is -1.07. The van der Waals surface area contributed by atoms with E-state index in [9.17, 15) is 13.6 Å². The molecule has 0 aliphatic rings. The summed E-state index contributed by atoms with van der Waals surface area (Å²) < 4.78 is 22.1. The molecule has 1 aromatic carbocycles. The van der Waals surface area contributed by atoms with Gasteiger partial charge in [-0.05, 0) is 0 Å². The molecule has 0 radical (unpaired) electrons. The molecule has 0 saturated carbocycles. The van der Waals surface area contributed by atoms with Gasteiger partial charge in [0.2, 0.25) is 11.6 Å². The zero-order valence-electron chi connectivity index (χ0n) is 2.66. The summed E-state index contributed by atoms with van der Waals surface area (Å²) in [5.74, 6) is -2.43. The minimum Gasteiger partial charge on any atom is -0.283 e. The summed E-state index contributed by atoms with van der Waals surface area (Å²) in [7, 11) is 0. The van der Waals surface area contributed by atoms with Gasteiger partial charge in [0.1, 0.15) is 0 Å². The summed E-state index contributed by atoms with van der Waals surface area (Å²) in [6.07, 6.45) is 0.